The molecule has 0 amide bonds. The Labute approximate surface area is 277 Å². The summed E-state index contributed by atoms with van der Waals surface area (Å²) >= 11 is 0. The number of benzene rings is 3. The molecule has 5 aromatic rings. The van der Waals surface area contributed by atoms with Crippen LogP contribution in [-0.2, 0) is 37.7 Å². The first-order chi connectivity index (χ1) is 22.4. The monoisotopic (exact) mass is 675 g/mol. The van der Waals surface area contributed by atoms with Crippen molar-refractivity contribution in [3.05, 3.63) is 106 Å². The fraction of sp³-hybridized carbons (Fsp3) is 0.286. The van der Waals surface area contributed by atoms with E-state index >= 15 is 0 Å². The smallest absolute Gasteiger partial charge is 0.338 e. The highest BCUT2D eigenvalue weighted by atomic mass is 32.2. The summed E-state index contributed by atoms with van der Waals surface area (Å²) in [4.78, 5) is 21.9. The van der Waals surface area contributed by atoms with Crippen molar-refractivity contribution < 1.29 is 31.6 Å². The molecule has 2 heterocycles. The molecule has 0 saturated carbocycles. The van der Waals surface area contributed by atoms with Gasteiger partial charge in [-0.25, -0.2) is 22.2 Å². The first kappa shape index (κ1) is 33.8. The third-order valence-corrected chi connectivity index (χ3v) is 11.1. The summed E-state index contributed by atoms with van der Waals surface area (Å²) in [6.45, 7) is 7.50. The van der Waals surface area contributed by atoms with Gasteiger partial charge in [-0.2, -0.15) is 0 Å². The van der Waals surface area contributed by atoms with Crippen molar-refractivity contribution in [3.63, 3.8) is 0 Å². The van der Waals surface area contributed by atoms with Gasteiger partial charge in [0.15, 0.2) is 0 Å². The second-order valence-electron chi connectivity index (χ2n) is 11.3. The van der Waals surface area contributed by atoms with E-state index in [1.807, 2.05) is 45.0 Å². The van der Waals surface area contributed by atoms with Gasteiger partial charge in [0.1, 0.15) is 11.5 Å². The minimum Gasteiger partial charge on any atom is -0.497 e. The lowest BCUT2D eigenvalue weighted by atomic mass is 10.1. The Morgan fingerprint density at radius 2 is 1.66 bits per heavy atom. The van der Waals surface area contributed by atoms with Crippen LogP contribution in [0.15, 0.2) is 76.9 Å². The Morgan fingerprint density at radius 3 is 2.36 bits per heavy atom. The number of carbonyl (C=O) groups is 1. The standard InChI is InChI=1S/C35H37N3O7S2/c1-22-9-12-26(13-10-22)8-7-17-45-34(39)27-14-11-23(2)32(18-27)47(41,42)38-31-19-28(43-5)15-16-29(31)37-35(38)46(40)21-30-25(4)33(44-6)24(3)20-36-30/h9-16,18-20H,7-8,17,21H2,1-6H3. The van der Waals surface area contributed by atoms with Gasteiger partial charge in [-0.15, -0.1) is 0 Å². The molecule has 0 spiro atoms. The summed E-state index contributed by atoms with van der Waals surface area (Å²) in [5.74, 6) is 0.270. The maximum atomic E-state index is 14.5. The number of fused-ring (bicyclic) bond motifs is 1. The van der Waals surface area contributed by atoms with Crippen molar-refractivity contribution in [2.45, 2.75) is 56.3 Å². The van der Waals surface area contributed by atoms with Gasteiger partial charge in [0.05, 0.1) is 64.6 Å². The average molecular weight is 676 g/mol. The second kappa shape index (κ2) is 14.1. The molecule has 3 aromatic carbocycles. The first-order valence-corrected chi connectivity index (χ1v) is 17.7. The number of aromatic nitrogens is 3. The van der Waals surface area contributed by atoms with E-state index in [0.29, 0.717) is 40.3 Å². The molecule has 0 bridgehead atoms. The summed E-state index contributed by atoms with van der Waals surface area (Å²) in [5, 5.41) is -0.183. The minimum atomic E-state index is -4.44. The van der Waals surface area contributed by atoms with Gasteiger partial charge in [-0.3, -0.25) is 9.19 Å². The van der Waals surface area contributed by atoms with Crippen LogP contribution in [0.4, 0.5) is 0 Å². The highest BCUT2D eigenvalue weighted by molar-refractivity contribution is 7.91. The number of rotatable bonds is 12. The maximum Gasteiger partial charge on any atom is 0.338 e. The van der Waals surface area contributed by atoms with E-state index in [9.17, 15) is 17.4 Å². The number of pyridine rings is 1. The molecule has 10 nitrogen and oxygen atoms in total. The fourth-order valence-corrected chi connectivity index (χ4v) is 8.60. The maximum absolute atomic E-state index is 14.5. The molecule has 47 heavy (non-hydrogen) atoms. The number of ether oxygens (including phenoxy) is 3. The molecule has 0 aliphatic rings. The predicted octanol–water partition coefficient (Wildman–Crippen LogP) is 6.02. The zero-order chi connectivity index (χ0) is 33.9. The van der Waals surface area contributed by atoms with Crippen LogP contribution in [0.2, 0.25) is 0 Å². The van der Waals surface area contributed by atoms with Crippen LogP contribution in [0.25, 0.3) is 11.0 Å². The Hall–Kier alpha value is -4.55. The molecule has 0 saturated heterocycles. The summed E-state index contributed by atoms with van der Waals surface area (Å²) in [6.07, 6.45) is 2.98. The van der Waals surface area contributed by atoms with Crippen molar-refractivity contribution in [3.8, 4) is 11.5 Å². The normalized spacial score (nSPS) is 12.2. The molecular formula is C35H37N3O7S2. The van der Waals surface area contributed by atoms with E-state index in [1.165, 1.54) is 30.9 Å². The third-order valence-electron chi connectivity index (χ3n) is 7.92. The van der Waals surface area contributed by atoms with Gasteiger partial charge in [-0.05, 0) is 75.9 Å². The largest absolute Gasteiger partial charge is 0.497 e. The highest BCUT2D eigenvalue weighted by Gasteiger charge is 2.30. The van der Waals surface area contributed by atoms with Crippen LogP contribution in [0.5, 0.6) is 11.5 Å². The Balaban J connectivity index is 1.49. The number of esters is 1. The lowest BCUT2D eigenvalue weighted by Gasteiger charge is -2.15. The molecule has 1 atom stereocenters. The Bertz CT molecular complexity index is 2090. The molecule has 5 rings (SSSR count). The molecule has 1 unspecified atom stereocenters. The number of imidazole rings is 1. The minimum absolute atomic E-state index is 0.0840. The molecule has 0 fully saturated rings. The molecule has 12 heteroatoms. The molecule has 2 aromatic heterocycles. The van der Waals surface area contributed by atoms with Crippen LogP contribution in [0.1, 0.15) is 50.3 Å². The topological polar surface area (TPSA) is 127 Å². The van der Waals surface area contributed by atoms with Gasteiger partial charge in [0.25, 0.3) is 10.0 Å². The zero-order valence-electron chi connectivity index (χ0n) is 27.2. The van der Waals surface area contributed by atoms with Crippen molar-refractivity contribution >= 4 is 37.8 Å². The molecular weight excluding hydrogens is 639 g/mol. The summed E-state index contributed by atoms with van der Waals surface area (Å²) in [7, 11) is -3.38. The van der Waals surface area contributed by atoms with Gasteiger partial charge >= 0.3 is 5.97 Å². The number of aryl methyl sites for hydroxylation is 4. The van der Waals surface area contributed by atoms with E-state index in [-0.39, 0.29) is 33.5 Å². The quantitative estimate of drug-likeness (QED) is 0.115. The lowest BCUT2D eigenvalue weighted by Crippen LogP contribution is -2.19. The Morgan fingerprint density at radius 1 is 0.915 bits per heavy atom. The van der Waals surface area contributed by atoms with Crippen LogP contribution < -0.4 is 9.47 Å². The van der Waals surface area contributed by atoms with E-state index in [0.717, 1.165) is 21.5 Å². The first-order valence-electron chi connectivity index (χ1n) is 15.0. The van der Waals surface area contributed by atoms with Crippen LogP contribution in [0.3, 0.4) is 0 Å². The van der Waals surface area contributed by atoms with Gasteiger partial charge in [-0.1, -0.05) is 35.9 Å². The fourth-order valence-electron chi connectivity index (χ4n) is 5.30. The molecule has 246 valence electrons. The average Bonchev–Trinajstić information content (AvgIpc) is 3.45. The molecule has 0 aliphatic heterocycles. The second-order valence-corrected chi connectivity index (χ2v) is 14.4. The van der Waals surface area contributed by atoms with Crippen molar-refractivity contribution in [1.29, 1.82) is 0 Å². The van der Waals surface area contributed by atoms with Gasteiger partial charge in [0.2, 0.25) is 5.16 Å². The summed E-state index contributed by atoms with van der Waals surface area (Å²) < 4.78 is 60.3. The molecule has 0 N–H and O–H groups in total. The third kappa shape index (κ3) is 7.08. The van der Waals surface area contributed by atoms with Crippen molar-refractivity contribution in [1.82, 2.24) is 13.9 Å². The highest BCUT2D eigenvalue weighted by Crippen LogP contribution is 2.32. The lowest BCUT2D eigenvalue weighted by molar-refractivity contribution is 0.0500. The number of hydrogen-bond donors (Lipinski definition) is 0. The summed E-state index contributed by atoms with van der Waals surface area (Å²) in [6, 6.07) is 17.3. The summed E-state index contributed by atoms with van der Waals surface area (Å²) in [5.41, 5.74) is 5.29. The number of nitrogens with zero attached hydrogens (tertiary/aromatic N) is 3. The van der Waals surface area contributed by atoms with E-state index in [1.54, 1.807) is 38.4 Å². The van der Waals surface area contributed by atoms with Gasteiger partial charge in [0, 0.05) is 23.4 Å². The predicted molar refractivity (Wildman–Crippen MR) is 180 cm³/mol. The SMILES string of the molecule is COc1ccc2nc(S(=O)Cc3ncc(C)c(OC)c3C)n(S(=O)(=O)c3cc(C(=O)OCCCc4ccc(C)cc4)ccc3C)c2c1. The number of carbonyl (C=O) groups excluding carboxylic acids is 1. The molecule has 0 aliphatic carbocycles. The van der Waals surface area contributed by atoms with Crippen molar-refractivity contribution in [2.24, 2.45) is 0 Å². The number of hydrogen-bond acceptors (Lipinski definition) is 9. The van der Waals surface area contributed by atoms with E-state index < -0.39 is 26.8 Å². The number of methoxy groups -OCH3 is 2. The zero-order valence-corrected chi connectivity index (χ0v) is 28.8. The van der Waals surface area contributed by atoms with Crippen LogP contribution in [-0.4, -0.2) is 53.4 Å². The van der Waals surface area contributed by atoms with Crippen molar-refractivity contribution in [2.75, 3.05) is 20.8 Å². The van der Waals surface area contributed by atoms with E-state index in [4.69, 9.17) is 14.2 Å². The van der Waals surface area contributed by atoms with Gasteiger partial charge < -0.3 is 14.2 Å². The van der Waals surface area contributed by atoms with E-state index in [2.05, 4.69) is 9.97 Å². The van der Waals surface area contributed by atoms with Crippen LogP contribution >= 0.6 is 0 Å². The molecule has 0 radical (unpaired) electrons. The van der Waals surface area contributed by atoms with Crippen LogP contribution in [0, 0.1) is 27.7 Å². The Kier molecular flexibility index (Phi) is 10.1.